The van der Waals surface area contributed by atoms with E-state index in [9.17, 15) is 4.79 Å². The standard InChI is InChI=1S/C11H11NO3S.C7H10N2.C3H8O2.C2H6/c12-11(7-13)8-1-5-10(6-2-8)16-15-14-9-3-4-9;1-6-3-4-7(8-2)9-5-6;1-3(5)2-4;1-2/h1-2,5-7,9,12H,3-4H2;3-5H,1-2H3,(H,8,9);3-5H,2H2,1H3;1-2H3/t;;3-;/m..1./s1. The summed E-state index contributed by atoms with van der Waals surface area (Å²) < 4.78 is 4.96. The highest BCUT2D eigenvalue weighted by molar-refractivity contribution is 7.94. The third-order valence-electron chi connectivity index (χ3n) is 3.54. The number of aliphatic hydroxyl groups excluding tert-OH is 2. The average Bonchev–Trinajstić information content (AvgIpc) is 3.66. The number of aliphatic hydroxyl groups is 2. The van der Waals surface area contributed by atoms with Crippen LogP contribution >= 0.6 is 12.0 Å². The van der Waals surface area contributed by atoms with Crippen LogP contribution < -0.4 is 5.32 Å². The first-order valence-electron chi connectivity index (χ1n) is 10.4. The first-order valence-corrected chi connectivity index (χ1v) is 11.2. The topological polar surface area (TPSA) is 125 Å². The van der Waals surface area contributed by atoms with Crippen molar-refractivity contribution in [2.45, 2.75) is 57.6 Å². The highest BCUT2D eigenvalue weighted by atomic mass is 32.2. The number of rotatable bonds is 8. The van der Waals surface area contributed by atoms with Crippen LogP contribution in [0.2, 0.25) is 0 Å². The smallest absolute Gasteiger partial charge is 0.168 e. The molecule has 0 aliphatic heterocycles. The normalized spacial score (nSPS) is 12.5. The maximum absolute atomic E-state index is 10.4. The zero-order valence-electron chi connectivity index (χ0n) is 19.4. The summed E-state index contributed by atoms with van der Waals surface area (Å²) in [6.45, 7) is 7.41. The fraction of sp³-hybridized carbons (Fsp3) is 0.435. The molecule has 1 atom stereocenters. The van der Waals surface area contributed by atoms with E-state index in [1.54, 1.807) is 24.3 Å². The first kappa shape index (κ1) is 29.7. The second-order valence-corrected chi connectivity index (χ2v) is 7.28. The monoisotopic (exact) mass is 465 g/mol. The van der Waals surface area contributed by atoms with Gasteiger partial charge in [-0.3, -0.25) is 10.2 Å². The fourth-order valence-electron chi connectivity index (χ4n) is 1.65. The van der Waals surface area contributed by atoms with Gasteiger partial charge >= 0.3 is 0 Å². The van der Waals surface area contributed by atoms with E-state index in [-0.39, 0.29) is 18.4 Å². The Kier molecular flexibility index (Phi) is 17.0. The second-order valence-electron chi connectivity index (χ2n) is 6.51. The molecule has 9 heteroatoms. The number of anilines is 1. The van der Waals surface area contributed by atoms with E-state index in [0.29, 0.717) is 11.8 Å². The van der Waals surface area contributed by atoms with Gasteiger partial charge in [0.25, 0.3) is 0 Å². The number of aldehydes is 1. The summed E-state index contributed by atoms with van der Waals surface area (Å²) in [5.41, 5.74) is 1.77. The van der Waals surface area contributed by atoms with Gasteiger partial charge in [-0.15, -0.1) is 0 Å². The average molecular weight is 466 g/mol. The molecular formula is C23H35N3O5S. The third-order valence-corrected chi connectivity index (χ3v) is 4.16. The summed E-state index contributed by atoms with van der Waals surface area (Å²) >= 11 is 1.14. The number of nitrogens with one attached hydrogen (secondary N) is 2. The van der Waals surface area contributed by atoms with E-state index in [1.165, 1.54) is 12.5 Å². The molecule has 1 fully saturated rings. The summed E-state index contributed by atoms with van der Waals surface area (Å²) in [7, 11) is 1.86. The highest BCUT2D eigenvalue weighted by Gasteiger charge is 2.23. The Morgan fingerprint density at radius 3 is 2.28 bits per heavy atom. The van der Waals surface area contributed by atoms with E-state index in [1.807, 2.05) is 46.1 Å². The zero-order valence-corrected chi connectivity index (χ0v) is 20.2. The molecule has 1 saturated carbocycles. The Morgan fingerprint density at radius 2 is 1.88 bits per heavy atom. The summed E-state index contributed by atoms with van der Waals surface area (Å²) in [5.74, 6) is 0.917. The molecule has 3 rings (SSSR count). The van der Waals surface area contributed by atoms with E-state index < -0.39 is 6.10 Å². The molecule has 0 amide bonds. The molecule has 1 heterocycles. The molecule has 32 heavy (non-hydrogen) atoms. The lowest BCUT2D eigenvalue weighted by Gasteiger charge is -2.01. The molecule has 0 radical (unpaired) electrons. The Balaban J connectivity index is 0.000000507. The Labute approximate surface area is 195 Å². The molecule has 2 aromatic rings. The Bertz CT molecular complexity index is 751. The van der Waals surface area contributed by atoms with Crippen LogP contribution in [0.4, 0.5) is 5.82 Å². The number of aromatic nitrogens is 1. The van der Waals surface area contributed by atoms with Crippen molar-refractivity contribution in [2.75, 3.05) is 19.0 Å². The van der Waals surface area contributed by atoms with Crippen molar-refractivity contribution < 1.29 is 24.2 Å². The van der Waals surface area contributed by atoms with Crippen LogP contribution in [-0.4, -0.2) is 53.1 Å². The van der Waals surface area contributed by atoms with Gasteiger partial charge < -0.3 is 15.5 Å². The molecule has 1 aromatic heterocycles. The lowest BCUT2D eigenvalue weighted by Crippen LogP contribution is -2.03. The largest absolute Gasteiger partial charge is 0.394 e. The Morgan fingerprint density at radius 1 is 1.28 bits per heavy atom. The van der Waals surface area contributed by atoms with Crippen molar-refractivity contribution in [3.63, 3.8) is 0 Å². The van der Waals surface area contributed by atoms with Crippen LogP contribution in [0.3, 0.4) is 0 Å². The van der Waals surface area contributed by atoms with Crippen LogP contribution in [0.25, 0.3) is 0 Å². The molecule has 0 bridgehead atoms. The zero-order chi connectivity index (χ0) is 24.4. The number of carbonyl (C=O) groups is 1. The predicted molar refractivity (Wildman–Crippen MR) is 129 cm³/mol. The molecule has 4 N–H and O–H groups in total. The minimum absolute atomic E-state index is 0.0216. The van der Waals surface area contributed by atoms with Crippen molar-refractivity contribution in [3.05, 3.63) is 53.7 Å². The van der Waals surface area contributed by atoms with Gasteiger partial charge in [0, 0.05) is 23.7 Å². The molecule has 0 saturated heterocycles. The van der Waals surface area contributed by atoms with Gasteiger partial charge in [0.1, 0.15) is 11.5 Å². The van der Waals surface area contributed by atoms with Gasteiger partial charge in [0.15, 0.2) is 6.29 Å². The van der Waals surface area contributed by atoms with Crippen molar-refractivity contribution in [1.29, 1.82) is 5.41 Å². The number of pyridine rings is 1. The van der Waals surface area contributed by atoms with Gasteiger partial charge in [-0.2, -0.15) is 4.33 Å². The number of aryl methyl sites for hydroxylation is 1. The summed E-state index contributed by atoms with van der Waals surface area (Å²) in [4.78, 5) is 20.4. The molecule has 1 aliphatic carbocycles. The van der Waals surface area contributed by atoms with Crippen LogP contribution in [0.15, 0.2) is 47.5 Å². The van der Waals surface area contributed by atoms with Crippen molar-refractivity contribution in [3.8, 4) is 0 Å². The van der Waals surface area contributed by atoms with E-state index >= 15 is 0 Å². The Hall–Kier alpha value is -2.30. The van der Waals surface area contributed by atoms with Gasteiger partial charge in [0.2, 0.25) is 0 Å². The number of hydrogen-bond acceptors (Lipinski definition) is 9. The van der Waals surface area contributed by atoms with E-state index in [2.05, 4.69) is 10.3 Å². The summed E-state index contributed by atoms with van der Waals surface area (Å²) in [6.07, 6.45) is 4.19. The van der Waals surface area contributed by atoms with Gasteiger partial charge in [-0.25, -0.2) is 9.87 Å². The molecule has 1 aliphatic rings. The van der Waals surface area contributed by atoms with E-state index in [4.69, 9.17) is 24.8 Å². The van der Waals surface area contributed by atoms with Gasteiger partial charge in [-0.1, -0.05) is 32.0 Å². The van der Waals surface area contributed by atoms with Gasteiger partial charge in [-0.05, 0) is 50.5 Å². The van der Waals surface area contributed by atoms with Crippen molar-refractivity contribution >= 4 is 29.9 Å². The quantitative estimate of drug-likeness (QED) is 0.150. The number of hydrogen-bond donors (Lipinski definition) is 4. The summed E-state index contributed by atoms with van der Waals surface area (Å²) in [5, 5.41) is 26.3. The summed E-state index contributed by atoms with van der Waals surface area (Å²) in [6, 6.07) is 11.0. The van der Waals surface area contributed by atoms with Crippen molar-refractivity contribution in [1.82, 2.24) is 4.98 Å². The predicted octanol–water partition coefficient (Wildman–Crippen LogP) is 4.19. The minimum Gasteiger partial charge on any atom is -0.394 e. The minimum atomic E-state index is -0.560. The SMILES string of the molecule is CC.CNc1ccc(C)cn1.C[C@@H](O)CO.N=C(C=O)c1ccc(SOOC2CC2)cc1. The van der Waals surface area contributed by atoms with Gasteiger partial charge in [0.05, 0.1) is 30.9 Å². The molecule has 0 spiro atoms. The highest BCUT2D eigenvalue weighted by Crippen LogP contribution is 2.28. The maximum atomic E-state index is 10.4. The lowest BCUT2D eigenvalue weighted by atomic mass is 10.1. The number of carbonyl (C=O) groups excluding carboxylic acids is 1. The fourth-order valence-corrected chi connectivity index (χ4v) is 2.13. The van der Waals surface area contributed by atoms with Crippen LogP contribution in [0.5, 0.6) is 0 Å². The van der Waals surface area contributed by atoms with Crippen molar-refractivity contribution in [2.24, 2.45) is 0 Å². The lowest BCUT2D eigenvalue weighted by molar-refractivity contribution is -0.201. The molecule has 8 nitrogen and oxygen atoms in total. The van der Waals surface area contributed by atoms with E-state index in [0.717, 1.165) is 35.6 Å². The third kappa shape index (κ3) is 14.7. The second kappa shape index (κ2) is 18.3. The molecule has 0 unspecified atom stereocenters. The number of nitrogens with zero attached hydrogens (tertiary/aromatic N) is 1. The van der Waals surface area contributed by atoms with Crippen LogP contribution in [0.1, 0.15) is 44.7 Å². The number of benzene rings is 1. The molecular weight excluding hydrogens is 430 g/mol. The van der Waals surface area contributed by atoms with Crippen LogP contribution in [0, 0.1) is 12.3 Å². The molecule has 1 aromatic carbocycles. The maximum Gasteiger partial charge on any atom is 0.168 e. The van der Waals surface area contributed by atoms with Crippen LogP contribution in [-0.2, 0) is 14.0 Å². The molecule has 178 valence electrons. The first-order chi connectivity index (χ1) is 15.4.